The molecule has 3 aromatic heterocycles. The largest absolute Gasteiger partial charge is 0.368 e. The highest BCUT2D eigenvalue weighted by Crippen LogP contribution is 2.26. The molecule has 10 nitrogen and oxygen atoms in total. The lowest BCUT2D eigenvalue weighted by molar-refractivity contribution is 1.04. The van der Waals surface area contributed by atoms with Crippen LogP contribution in [0, 0.1) is 13.8 Å². The summed E-state index contributed by atoms with van der Waals surface area (Å²) in [6.45, 7) is 5.30. The van der Waals surface area contributed by atoms with Crippen molar-refractivity contribution in [2.75, 3.05) is 35.2 Å². The van der Waals surface area contributed by atoms with Crippen LogP contribution in [0.5, 0.6) is 0 Å². The number of fused-ring (bicyclic) bond motifs is 1. The number of benzene rings is 1. The number of H-pyrrole nitrogens is 1. The van der Waals surface area contributed by atoms with Crippen LogP contribution in [0.15, 0.2) is 30.6 Å². The summed E-state index contributed by atoms with van der Waals surface area (Å²) in [5.74, 6) is 1.63. The maximum absolute atomic E-state index is 5.93. The molecular weight excluding hydrogens is 368 g/mol. The van der Waals surface area contributed by atoms with Crippen molar-refractivity contribution < 1.29 is 0 Å². The van der Waals surface area contributed by atoms with Crippen molar-refractivity contribution in [2.24, 2.45) is 0 Å². The lowest BCUT2D eigenvalue weighted by atomic mass is 10.0. The standard InChI is InChI=1S/C19H22N10/c1-10-4-3-5-12(11(10)2)13-8-14(27-18(20)26-13)22-6-7-23-16-15-17(25-9-24-15)29-19(21)28-16/h3-5,8-9H,6-7H2,1-2H3,(H3,20,22,26,27)(H4,21,23,24,25,28,29). The number of anilines is 4. The summed E-state index contributed by atoms with van der Waals surface area (Å²) >= 11 is 0. The van der Waals surface area contributed by atoms with Gasteiger partial charge in [0, 0.05) is 24.7 Å². The number of aromatic amines is 1. The number of nitrogens with zero attached hydrogens (tertiary/aromatic N) is 5. The van der Waals surface area contributed by atoms with E-state index in [-0.39, 0.29) is 11.9 Å². The van der Waals surface area contributed by atoms with Crippen LogP contribution in [0.3, 0.4) is 0 Å². The summed E-state index contributed by atoms with van der Waals surface area (Å²) in [4.78, 5) is 24.1. The van der Waals surface area contributed by atoms with E-state index in [0.29, 0.717) is 35.9 Å². The highest BCUT2D eigenvalue weighted by Gasteiger charge is 2.10. The monoisotopic (exact) mass is 390 g/mol. The van der Waals surface area contributed by atoms with Crippen molar-refractivity contribution >= 4 is 34.7 Å². The summed E-state index contributed by atoms with van der Waals surface area (Å²) < 4.78 is 0. The van der Waals surface area contributed by atoms with Gasteiger partial charge in [0.25, 0.3) is 0 Å². The van der Waals surface area contributed by atoms with Crippen LogP contribution < -0.4 is 22.1 Å². The number of nitrogen functional groups attached to an aromatic ring is 2. The van der Waals surface area contributed by atoms with Gasteiger partial charge >= 0.3 is 0 Å². The number of imidazole rings is 1. The molecule has 0 amide bonds. The van der Waals surface area contributed by atoms with Gasteiger partial charge in [0.1, 0.15) is 11.3 Å². The Labute approximate surface area is 167 Å². The predicted molar refractivity (Wildman–Crippen MR) is 114 cm³/mol. The van der Waals surface area contributed by atoms with Crippen molar-refractivity contribution in [3.05, 3.63) is 41.7 Å². The molecule has 0 saturated heterocycles. The fourth-order valence-corrected chi connectivity index (χ4v) is 3.07. The van der Waals surface area contributed by atoms with Crippen LogP contribution in [0.1, 0.15) is 11.1 Å². The van der Waals surface area contributed by atoms with Gasteiger partial charge in [0.05, 0.1) is 12.0 Å². The molecule has 0 aliphatic heterocycles. The first-order chi connectivity index (χ1) is 14.0. The van der Waals surface area contributed by atoms with Gasteiger partial charge in [-0.1, -0.05) is 18.2 Å². The van der Waals surface area contributed by atoms with Gasteiger partial charge in [-0.05, 0) is 25.0 Å². The second-order valence-corrected chi connectivity index (χ2v) is 6.63. The number of nitrogens with one attached hydrogen (secondary N) is 3. The summed E-state index contributed by atoms with van der Waals surface area (Å²) in [5, 5.41) is 6.47. The molecule has 10 heteroatoms. The SMILES string of the molecule is Cc1cccc(-c2cc(NCCNc3nc(N)nc4[nH]cnc34)nc(N)n2)c1C. The molecule has 1 aromatic carbocycles. The van der Waals surface area contributed by atoms with E-state index in [9.17, 15) is 0 Å². The first-order valence-corrected chi connectivity index (χ1v) is 9.17. The zero-order valence-electron chi connectivity index (χ0n) is 16.2. The molecule has 4 aromatic rings. The highest BCUT2D eigenvalue weighted by molar-refractivity contribution is 5.83. The van der Waals surface area contributed by atoms with E-state index in [1.807, 2.05) is 18.2 Å². The van der Waals surface area contributed by atoms with E-state index in [4.69, 9.17) is 11.5 Å². The number of aryl methyl sites for hydroxylation is 1. The Morgan fingerprint density at radius 3 is 2.62 bits per heavy atom. The Balaban J connectivity index is 1.45. The van der Waals surface area contributed by atoms with E-state index in [1.165, 1.54) is 11.1 Å². The highest BCUT2D eigenvalue weighted by atomic mass is 15.1. The van der Waals surface area contributed by atoms with Gasteiger partial charge in [-0.3, -0.25) is 0 Å². The lowest BCUT2D eigenvalue weighted by Gasteiger charge is -2.12. The van der Waals surface area contributed by atoms with Gasteiger partial charge in [-0.2, -0.15) is 15.0 Å². The van der Waals surface area contributed by atoms with E-state index in [2.05, 4.69) is 60.5 Å². The molecule has 0 radical (unpaired) electrons. The fourth-order valence-electron chi connectivity index (χ4n) is 3.07. The summed E-state index contributed by atoms with van der Waals surface area (Å²) in [6.07, 6.45) is 1.56. The van der Waals surface area contributed by atoms with E-state index < -0.39 is 0 Å². The smallest absolute Gasteiger partial charge is 0.224 e. The summed E-state index contributed by atoms with van der Waals surface area (Å²) in [7, 11) is 0. The molecule has 0 saturated carbocycles. The van der Waals surface area contributed by atoms with Crippen LogP contribution >= 0.6 is 0 Å². The zero-order valence-corrected chi connectivity index (χ0v) is 16.2. The van der Waals surface area contributed by atoms with Gasteiger partial charge in [-0.15, -0.1) is 0 Å². The van der Waals surface area contributed by atoms with Crippen LogP contribution in [-0.4, -0.2) is 43.0 Å². The first-order valence-electron chi connectivity index (χ1n) is 9.17. The van der Waals surface area contributed by atoms with Crippen LogP contribution in [0.4, 0.5) is 23.5 Å². The van der Waals surface area contributed by atoms with Crippen molar-refractivity contribution in [3.63, 3.8) is 0 Å². The molecule has 0 spiro atoms. The third-order valence-electron chi connectivity index (χ3n) is 4.64. The van der Waals surface area contributed by atoms with Crippen molar-refractivity contribution in [2.45, 2.75) is 13.8 Å². The fraction of sp³-hybridized carbons (Fsp3) is 0.211. The Morgan fingerprint density at radius 2 is 1.76 bits per heavy atom. The van der Waals surface area contributed by atoms with Gasteiger partial charge < -0.3 is 27.1 Å². The predicted octanol–water partition coefficient (Wildman–Crippen LogP) is 2.12. The van der Waals surface area contributed by atoms with Gasteiger partial charge in [-0.25, -0.2) is 9.97 Å². The molecule has 0 aliphatic rings. The Kier molecular flexibility index (Phi) is 4.82. The number of rotatable bonds is 6. The number of nitrogens with two attached hydrogens (primary N) is 2. The summed E-state index contributed by atoms with van der Waals surface area (Å²) in [6, 6.07) is 8.01. The third kappa shape index (κ3) is 3.86. The molecule has 0 aliphatic carbocycles. The number of aromatic nitrogens is 6. The maximum Gasteiger partial charge on any atom is 0.224 e. The Morgan fingerprint density at radius 1 is 0.966 bits per heavy atom. The molecule has 0 bridgehead atoms. The number of hydrogen-bond donors (Lipinski definition) is 5. The molecule has 148 valence electrons. The molecule has 7 N–H and O–H groups in total. The summed E-state index contributed by atoms with van der Waals surface area (Å²) in [5.41, 5.74) is 17.1. The normalized spacial score (nSPS) is 11.0. The molecule has 0 fully saturated rings. The average molecular weight is 390 g/mol. The molecule has 29 heavy (non-hydrogen) atoms. The van der Waals surface area contributed by atoms with Gasteiger partial charge in [0.15, 0.2) is 11.5 Å². The molecule has 0 atom stereocenters. The number of hydrogen-bond acceptors (Lipinski definition) is 9. The lowest BCUT2D eigenvalue weighted by Crippen LogP contribution is -2.16. The Bertz CT molecular complexity index is 1170. The maximum atomic E-state index is 5.93. The minimum atomic E-state index is 0.180. The quantitative estimate of drug-likeness (QED) is 0.311. The second-order valence-electron chi connectivity index (χ2n) is 6.63. The third-order valence-corrected chi connectivity index (χ3v) is 4.64. The second kappa shape index (κ2) is 7.58. The zero-order chi connectivity index (χ0) is 20.4. The average Bonchev–Trinajstić information content (AvgIpc) is 3.15. The van der Waals surface area contributed by atoms with Crippen LogP contribution in [-0.2, 0) is 0 Å². The van der Waals surface area contributed by atoms with E-state index in [1.54, 1.807) is 6.33 Å². The molecular formula is C19H22N10. The van der Waals surface area contributed by atoms with Crippen molar-refractivity contribution in [1.82, 2.24) is 29.9 Å². The Hall–Kier alpha value is -3.95. The molecule has 0 unspecified atom stereocenters. The van der Waals surface area contributed by atoms with E-state index >= 15 is 0 Å². The topological polar surface area (TPSA) is 156 Å². The minimum absolute atomic E-state index is 0.180. The first kappa shape index (κ1) is 18.4. The van der Waals surface area contributed by atoms with Gasteiger partial charge in [0.2, 0.25) is 11.9 Å². The minimum Gasteiger partial charge on any atom is -0.368 e. The van der Waals surface area contributed by atoms with E-state index in [0.717, 1.165) is 11.3 Å². The van der Waals surface area contributed by atoms with Crippen LogP contribution in [0.2, 0.25) is 0 Å². The molecule has 4 rings (SSSR count). The van der Waals surface area contributed by atoms with Crippen molar-refractivity contribution in [3.8, 4) is 11.3 Å². The van der Waals surface area contributed by atoms with Crippen molar-refractivity contribution in [1.29, 1.82) is 0 Å². The van der Waals surface area contributed by atoms with Crippen LogP contribution in [0.25, 0.3) is 22.4 Å². The molecule has 3 heterocycles.